The first-order valence-corrected chi connectivity index (χ1v) is 7.42. The van der Waals surface area contributed by atoms with E-state index >= 15 is 0 Å². The Hall–Kier alpha value is -1.55. The zero-order valence-corrected chi connectivity index (χ0v) is 11.8. The summed E-state index contributed by atoms with van der Waals surface area (Å²) in [4.78, 5) is 14.2. The molecule has 2 aliphatic heterocycles. The van der Waals surface area contributed by atoms with Gasteiger partial charge in [0, 0.05) is 24.3 Å². The number of fused-ring (bicyclic) bond motifs is 2. The van der Waals surface area contributed by atoms with Crippen LogP contribution in [0.3, 0.4) is 0 Å². The number of ketones is 1. The van der Waals surface area contributed by atoms with Gasteiger partial charge in [0.2, 0.25) is 0 Å². The highest BCUT2D eigenvalue weighted by Crippen LogP contribution is 2.49. The van der Waals surface area contributed by atoms with Gasteiger partial charge in [-0.1, -0.05) is 6.07 Å². The highest BCUT2D eigenvalue weighted by molar-refractivity contribution is 5.81. The molecule has 0 aromatic heterocycles. The number of hydrogen-bond acceptors (Lipinski definition) is 4. The minimum atomic E-state index is 0.143. The number of nitrogens with one attached hydrogen (secondary N) is 1. The lowest BCUT2D eigenvalue weighted by Gasteiger charge is -2.41. The van der Waals surface area contributed by atoms with Crippen LogP contribution < -0.4 is 10.1 Å². The molecule has 106 valence electrons. The summed E-state index contributed by atoms with van der Waals surface area (Å²) in [5.41, 5.74) is 2.57. The van der Waals surface area contributed by atoms with Crippen LogP contribution in [0.2, 0.25) is 0 Å². The van der Waals surface area contributed by atoms with E-state index < -0.39 is 0 Å². The monoisotopic (exact) mass is 272 g/mol. The number of carbonyl (C=O) groups excluding carboxylic acids is 1. The highest BCUT2D eigenvalue weighted by atomic mass is 16.5. The molecule has 0 radical (unpaired) electrons. The number of Topliss-reactive ketones (excluding diaryl/α,β-unsaturated/α-hetero) is 1. The summed E-state index contributed by atoms with van der Waals surface area (Å²) >= 11 is 0. The lowest BCUT2D eigenvalue weighted by Crippen LogP contribution is -2.46. The van der Waals surface area contributed by atoms with E-state index in [9.17, 15) is 4.79 Å². The molecule has 0 amide bonds. The van der Waals surface area contributed by atoms with E-state index in [1.54, 1.807) is 0 Å². The normalized spacial score (nSPS) is 32.5. The first-order chi connectivity index (χ1) is 9.69. The SMILES string of the molecule is CN1CC[C@]2(c3ccc4c(c3)OCN4)CCC(=O)CC12. The van der Waals surface area contributed by atoms with Crippen molar-refractivity contribution in [2.75, 3.05) is 25.6 Å². The molecule has 1 aromatic carbocycles. The molecule has 1 saturated heterocycles. The Bertz CT molecular complexity index is 572. The molecule has 2 heterocycles. The van der Waals surface area contributed by atoms with Crippen molar-refractivity contribution < 1.29 is 9.53 Å². The van der Waals surface area contributed by atoms with Crippen molar-refractivity contribution in [3.05, 3.63) is 23.8 Å². The lowest BCUT2D eigenvalue weighted by atomic mass is 9.66. The molecule has 4 rings (SSSR count). The zero-order valence-electron chi connectivity index (χ0n) is 11.8. The second-order valence-corrected chi connectivity index (χ2v) is 6.32. The molecule has 1 unspecified atom stereocenters. The van der Waals surface area contributed by atoms with Gasteiger partial charge < -0.3 is 15.0 Å². The van der Waals surface area contributed by atoms with Gasteiger partial charge in [0.25, 0.3) is 0 Å². The average molecular weight is 272 g/mol. The molecule has 3 aliphatic rings. The highest BCUT2D eigenvalue weighted by Gasteiger charge is 2.50. The maximum Gasteiger partial charge on any atom is 0.159 e. The molecule has 1 aliphatic carbocycles. The molecule has 4 heteroatoms. The van der Waals surface area contributed by atoms with Crippen LogP contribution in [0, 0.1) is 0 Å². The molecule has 1 N–H and O–H groups in total. The molecular formula is C16H20N2O2. The smallest absolute Gasteiger partial charge is 0.159 e. The number of rotatable bonds is 1. The van der Waals surface area contributed by atoms with Gasteiger partial charge in [0.05, 0.1) is 5.69 Å². The van der Waals surface area contributed by atoms with Gasteiger partial charge in [-0.3, -0.25) is 4.79 Å². The fourth-order valence-electron chi connectivity index (χ4n) is 4.21. The fourth-order valence-corrected chi connectivity index (χ4v) is 4.21. The van der Waals surface area contributed by atoms with Crippen molar-refractivity contribution in [2.24, 2.45) is 0 Å². The Kier molecular flexibility index (Phi) is 2.58. The minimum Gasteiger partial charge on any atom is -0.471 e. The van der Waals surface area contributed by atoms with Gasteiger partial charge in [-0.05, 0) is 44.1 Å². The number of hydrogen-bond donors (Lipinski definition) is 1. The first-order valence-electron chi connectivity index (χ1n) is 7.42. The van der Waals surface area contributed by atoms with Crippen LogP contribution in [0.4, 0.5) is 5.69 Å². The number of nitrogens with zero attached hydrogens (tertiary/aromatic N) is 1. The van der Waals surface area contributed by atoms with Gasteiger partial charge in [0.1, 0.15) is 11.5 Å². The quantitative estimate of drug-likeness (QED) is 0.850. The zero-order chi connectivity index (χ0) is 13.7. The summed E-state index contributed by atoms with van der Waals surface area (Å²) in [5, 5.41) is 3.22. The maximum absolute atomic E-state index is 11.9. The van der Waals surface area contributed by atoms with E-state index in [-0.39, 0.29) is 5.41 Å². The van der Waals surface area contributed by atoms with Crippen LogP contribution >= 0.6 is 0 Å². The van der Waals surface area contributed by atoms with E-state index in [2.05, 4.69) is 35.5 Å². The largest absolute Gasteiger partial charge is 0.471 e. The molecule has 4 nitrogen and oxygen atoms in total. The minimum absolute atomic E-state index is 0.143. The van der Waals surface area contributed by atoms with Crippen LogP contribution in [0.15, 0.2) is 18.2 Å². The van der Waals surface area contributed by atoms with Gasteiger partial charge >= 0.3 is 0 Å². The van der Waals surface area contributed by atoms with Crippen LogP contribution in [0.5, 0.6) is 5.75 Å². The maximum atomic E-state index is 11.9. The molecule has 0 spiro atoms. The topological polar surface area (TPSA) is 41.6 Å². The molecule has 2 fully saturated rings. The van der Waals surface area contributed by atoms with Crippen molar-refractivity contribution in [2.45, 2.75) is 37.1 Å². The Morgan fingerprint density at radius 1 is 1.40 bits per heavy atom. The summed E-state index contributed by atoms with van der Waals surface area (Å²) in [6, 6.07) is 6.90. The van der Waals surface area contributed by atoms with Crippen LogP contribution in [0.1, 0.15) is 31.2 Å². The number of likely N-dealkylation sites (N-methyl/N-ethyl adjacent to an activating group) is 1. The molecule has 1 aromatic rings. The molecule has 2 atom stereocenters. The number of ether oxygens (including phenoxy) is 1. The molecule has 1 saturated carbocycles. The summed E-state index contributed by atoms with van der Waals surface area (Å²) in [7, 11) is 2.15. The standard InChI is InChI=1S/C16H20N2O2/c1-18-7-6-16(5-4-12(19)9-15(16)18)11-2-3-13-14(8-11)20-10-17-13/h2-3,8,15,17H,4-7,9-10H2,1H3/t15?,16-/m0/s1. The van der Waals surface area contributed by atoms with Crippen molar-refractivity contribution in [3.63, 3.8) is 0 Å². The Morgan fingerprint density at radius 2 is 2.30 bits per heavy atom. The lowest BCUT2D eigenvalue weighted by molar-refractivity contribution is -0.122. The fraction of sp³-hybridized carbons (Fsp3) is 0.562. The number of benzene rings is 1. The first kappa shape index (κ1) is 12.2. The van der Waals surface area contributed by atoms with Crippen LogP contribution in [-0.4, -0.2) is 37.0 Å². The molecular weight excluding hydrogens is 252 g/mol. The third-order valence-electron chi connectivity index (χ3n) is 5.40. The van der Waals surface area contributed by atoms with E-state index in [0.717, 1.165) is 37.2 Å². The average Bonchev–Trinajstić information content (AvgIpc) is 3.04. The van der Waals surface area contributed by atoms with Gasteiger partial charge in [-0.25, -0.2) is 0 Å². The summed E-state index contributed by atoms with van der Waals surface area (Å²) in [5.74, 6) is 1.38. The number of likely N-dealkylation sites (tertiary alicyclic amines) is 1. The van der Waals surface area contributed by atoms with Crippen LogP contribution in [-0.2, 0) is 10.2 Å². The van der Waals surface area contributed by atoms with E-state index in [4.69, 9.17) is 4.74 Å². The van der Waals surface area contributed by atoms with E-state index in [1.807, 2.05) is 0 Å². The number of anilines is 1. The summed E-state index contributed by atoms with van der Waals surface area (Å²) in [6.45, 7) is 1.64. The second-order valence-electron chi connectivity index (χ2n) is 6.32. The van der Waals surface area contributed by atoms with Crippen molar-refractivity contribution in [1.82, 2.24) is 4.90 Å². The number of carbonyl (C=O) groups is 1. The Morgan fingerprint density at radius 3 is 3.20 bits per heavy atom. The third kappa shape index (κ3) is 1.61. The predicted molar refractivity (Wildman–Crippen MR) is 77.1 cm³/mol. The molecule has 0 bridgehead atoms. The predicted octanol–water partition coefficient (Wildman–Crippen LogP) is 2.14. The Labute approximate surface area is 119 Å². The Balaban J connectivity index is 1.77. The van der Waals surface area contributed by atoms with Crippen LogP contribution in [0.25, 0.3) is 0 Å². The van der Waals surface area contributed by atoms with Crippen molar-refractivity contribution >= 4 is 11.5 Å². The van der Waals surface area contributed by atoms with Crippen molar-refractivity contribution in [1.29, 1.82) is 0 Å². The van der Waals surface area contributed by atoms with Gasteiger partial charge in [-0.15, -0.1) is 0 Å². The van der Waals surface area contributed by atoms with E-state index in [1.165, 1.54) is 5.56 Å². The third-order valence-corrected chi connectivity index (χ3v) is 5.40. The van der Waals surface area contributed by atoms with Crippen molar-refractivity contribution in [3.8, 4) is 5.75 Å². The van der Waals surface area contributed by atoms with E-state index in [0.29, 0.717) is 25.0 Å². The summed E-state index contributed by atoms with van der Waals surface area (Å²) in [6.07, 6.45) is 3.55. The summed E-state index contributed by atoms with van der Waals surface area (Å²) < 4.78 is 5.63. The van der Waals surface area contributed by atoms with Gasteiger partial charge in [-0.2, -0.15) is 0 Å². The molecule has 20 heavy (non-hydrogen) atoms. The van der Waals surface area contributed by atoms with Gasteiger partial charge in [0.15, 0.2) is 6.73 Å². The second kappa shape index (κ2) is 4.22.